The number of aryl methyl sites for hydroxylation is 2. The zero-order valence-corrected chi connectivity index (χ0v) is 20.6. The van der Waals surface area contributed by atoms with Gasteiger partial charge in [0.1, 0.15) is 12.4 Å². The lowest BCUT2D eigenvalue weighted by Gasteiger charge is -2.30. The fourth-order valence-corrected chi connectivity index (χ4v) is 3.73. The van der Waals surface area contributed by atoms with Crippen molar-refractivity contribution in [2.45, 2.75) is 52.8 Å². The molecule has 0 spiro atoms. The van der Waals surface area contributed by atoms with E-state index in [0.29, 0.717) is 19.0 Å². The van der Waals surface area contributed by atoms with Crippen LogP contribution in [0.1, 0.15) is 37.1 Å². The molecule has 0 saturated carbocycles. The van der Waals surface area contributed by atoms with Gasteiger partial charge in [0.2, 0.25) is 5.88 Å². The molecular weight excluding hydrogens is 426 g/mol. The highest BCUT2D eigenvalue weighted by Crippen LogP contribution is 2.32. The van der Waals surface area contributed by atoms with Crippen LogP contribution in [0.2, 0.25) is 0 Å². The molecule has 1 N–H and O–H groups in total. The van der Waals surface area contributed by atoms with E-state index in [1.54, 1.807) is 0 Å². The Hall–Kier alpha value is -3.11. The Balaban J connectivity index is 1.95. The van der Waals surface area contributed by atoms with E-state index >= 15 is 0 Å². The number of ether oxygens (including phenoxy) is 2. The lowest BCUT2D eigenvalue weighted by atomic mass is 10.1. The van der Waals surface area contributed by atoms with Crippen molar-refractivity contribution in [1.82, 2.24) is 14.7 Å². The molecule has 0 aliphatic carbocycles. The van der Waals surface area contributed by atoms with Gasteiger partial charge in [-0.3, -0.25) is 4.90 Å². The average Bonchev–Trinajstić information content (AvgIpc) is 3.15. The minimum absolute atomic E-state index is 0.192. The second-order valence-electron chi connectivity index (χ2n) is 8.59. The van der Waals surface area contributed by atoms with E-state index in [0.717, 1.165) is 29.1 Å². The summed E-state index contributed by atoms with van der Waals surface area (Å²) in [6, 6.07) is 18.2. The van der Waals surface area contributed by atoms with Gasteiger partial charge in [0.15, 0.2) is 0 Å². The second kappa shape index (κ2) is 12.4. The number of aliphatic hydroxyl groups excluding tert-OH is 1. The summed E-state index contributed by atoms with van der Waals surface area (Å²) in [6.07, 6.45) is 5.55. The molecule has 3 rings (SSSR count). The maximum Gasteiger partial charge on any atom is 0.227 e. The van der Waals surface area contributed by atoms with E-state index in [1.165, 1.54) is 5.56 Å². The van der Waals surface area contributed by atoms with E-state index in [2.05, 4.69) is 31.6 Å². The normalized spacial score (nSPS) is 13.0. The molecule has 0 aliphatic rings. The maximum atomic E-state index is 10.6. The highest BCUT2D eigenvalue weighted by molar-refractivity contribution is 5.43. The molecule has 1 aromatic heterocycles. The molecule has 6 nitrogen and oxygen atoms in total. The molecule has 0 aliphatic heterocycles. The van der Waals surface area contributed by atoms with Crippen LogP contribution in [-0.4, -0.2) is 51.7 Å². The molecule has 0 radical (unpaired) electrons. The molecule has 3 aromatic rings. The number of terminal acetylenes is 1. The third-order valence-electron chi connectivity index (χ3n) is 5.89. The molecule has 0 fully saturated rings. The molecule has 6 heteroatoms. The van der Waals surface area contributed by atoms with Gasteiger partial charge in [0, 0.05) is 19.1 Å². The molecular formula is C28H35N3O3. The average molecular weight is 462 g/mol. The zero-order chi connectivity index (χ0) is 24.5. The number of hydrogen-bond acceptors (Lipinski definition) is 5. The minimum atomic E-state index is -0.645. The van der Waals surface area contributed by atoms with E-state index in [4.69, 9.17) is 21.0 Å². The van der Waals surface area contributed by atoms with Gasteiger partial charge in [-0.15, -0.1) is 6.42 Å². The summed E-state index contributed by atoms with van der Waals surface area (Å²) in [5.41, 5.74) is 3.97. The van der Waals surface area contributed by atoms with Crippen LogP contribution in [0.15, 0.2) is 54.6 Å². The summed E-state index contributed by atoms with van der Waals surface area (Å²) in [4.78, 5) is 2.24. The molecule has 0 unspecified atom stereocenters. The fraction of sp³-hybridized carbons (Fsp3) is 0.393. The Bertz CT molecular complexity index is 1070. The summed E-state index contributed by atoms with van der Waals surface area (Å²) in [7, 11) is 0. The predicted molar refractivity (Wildman–Crippen MR) is 135 cm³/mol. The number of aromatic nitrogens is 2. The molecule has 1 heterocycles. The molecule has 2 aromatic carbocycles. The Morgan fingerprint density at radius 2 is 1.82 bits per heavy atom. The van der Waals surface area contributed by atoms with Crippen LogP contribution in [0.4, 0.5) is 0 Å². The van der Waals surface area contributed by atoms with E-state index in [1.807, 2.05) is 66.2 Å². The van der Waals surface area contributed by atoms with Gasteiger partial charge >= 0.3 is 0 Å². The Morgan fingerprint density at radius 3 is 2.47 bits per heavy atom. The first-order valence-electron chi connectivity index (χ1n) is 11.7. The molecule has 0 bridgehead atoms. The van der Waals surface area contributed by atoms with Crippen molar-refractivity contribution in [3.63, 3.8) is 0 Å². The van der Waals surface area contributed by atoms with Crippen molar-refractivity contribution in [3.05, 3.63) is 71.4 Å². The lowest BCUT2D eigenvalue weighted by Crippen LogP contribution is -2.40. The summed E-state index contributed by atoms with van der Waals surface area (Å²) >= 11 is 0. The highest BCUT2D eigenvalue weighted by Gasteiger charge is 2.24. The van der Waals surface area contributed by atoms with Crippen molar-refractivity contribution in [1.29, 1.82) is 0 Å². The van der Waals surface area contributed by atoms with Gasteiger partial charge in [0.25, 0.3) is 0 Å². The quantitative estimate of drug-likeness (QED) is 0.307. The summed E-state index contributed by atoms with van der Waals surface area (Å²) < 4.78 is 13.6. The zero-order valence-electron chi connectivity index (χ0n) is 20.6. The smallest absolute Gasteiger partial charge is 0.227 e. The Morgan fingerprint density at radius 1 is 1.12 bits per heavy atom. The van der Waals surface area contributed by atoms with Crippen molar-refractivity contribution >= 4 is 0 Å². The first-order chi connectivity index (χ1) is 16.4. The Labute approximate surface area is 203 Å². The van der Waals surface area contributed by atoms with E-state index in [9.17, 15) is 5.11 Å². The maximum absolute atomic E-state index is 10.6. The summed E-state index contributed by atoms with van der Waals surface area (Å²) in [6.45, 7) is 9.79. The van der Waals surface area contributed by atoms with Gasteiger partial charge in [-0.2, -0.15) is 5.10 Å². The minimum Gasteiger partial charge on any atom is -0.439 e. The van der Waals surface area contributed by atoms with E-state index in [-0.39, 0.29) is 19.3 Å². The molecule has 0 amide bonds. The summed E-state index contributed by atoms with van der Waals surface area (Å²) in [5.74, 6) is 3.87. The van der Waals surface area contributed by atoms with Crippen LogP contribution in [0.3, 0.4) is 0 Å². The van der Waals surface area contributed by atoms with Crippen LogP contribution >= 0.6 is 0 Å². The van der Waals surface area contributed by atoms with Crippen molar-refractivity contribution in [2.24, 2.45) is 0 Å². The van der Waals surface area contributed by atoms with Crippen molar-refractivity contribution < 1.29 is 14.6 Å². The van der Waals surface area contributed by atoms with Gasteiger partial charge in [-0.05, 0) is 51.5 Å². The van der Waals surface area contributed by atoms with Crippen LogP contribution < -0.4 is 4.74 Å². The van der Waals surface area contributed by atoms with Gasteiger partial charge in [0.05, 0.1) is 29.7 Å². The Kier molecular flexibility index (Phi) is 9.29. The number of hydrogen-bond donors (Lipinski definition) is 1. The number of benzene rings is 2. The van der Waals surface area contributed by atoms with Crippen LogP contribution in [0, 0.1) is 26.2 Å². The van der Waals surface area contributed by atoms with Crippen molar-refractivity contribution in [3.8, 4) is 29.7 Å². The molecule has 0 saturated heterocycles. The highest BCUT2D eigenvalue weighted by atomic mass is 16.5. The first-order valence-corrected chi connectivity index (χ1v) is 11.7. The van der Waals surface area contributed by atoms with Crippen molar-refractivity contribution in [2.75, 3.05) is 19.8 Å². The number of rotatable bonds is 12. The molecule has 2 atom stereocenters. The molecule has 34 heavy (non-hydrogen) atoms. The van der Waals surface area contributed by atoms with Crippen LogP contribution in [0.5, 0.6) is 11.6 Å². The van der Waals surface area contributed by atoms with Gasteiger partial charge in [-0.1, -0.05) is 48.7 Å². The van der Waals surface area contributed by atoms with Gasteiger partial charge < -0.3 is 14.6 Å². The SMILES string of the molecule is C#CCOC[C@H](O)CN(Cc1c(C)nn(-c2ccccc2)c1Oc1ccc(C)cc1)[C@H](C)CC. The number of aliphatic hydroxyl groups is 1. The standard InChI is InChI=1S/C28H35N3O3/c1-6-17-33-20-25(32)18-30(22(4)7-2)19-27-23(5)29-31(24-11-9-8-10-12-24)28(27)34-26-15-13-21(3)14-16-26/h1,8-16,22,25,32H,7,17-20H2,2-5H3/t22-,25-/m1/s1. The topological polar surface area (TPSA) is 59.8 Å². The first kappa shape index (κ1) is 25.5. The molecule has 180 valence electrons. The lowest BCUT2D eigenvalue weighted by molar-refractivity contribution is 0.0168. The second-order valence-corrected chi connectivity index (χ2v) is 8.59. The predicted octanol–water partition coefficient (Wildman–Crippen LogP) is 4.89. The van der Waals surface area contributed by atoms with Gasteiger partial charge in [-0.25, -0.2) is 4.68 Å². The third-order valence-corrected chi connectivity index (χ3v) is 5.89. The number of nitrogens with zero attached hydrogens (tertiary/aromatic N) is 3. The number of para-hydroxylation sites is 1. The fourth-order valence-electron chi connectivity index (χ4n) is 3.73. The monoisotopic (exact) mass is 461 g/mol. The summed E-state index contributed by atoms with van der Waals surface area (Å²) in [5, 5.41) is 15.4. The van der Waals surface area contributed by atoms with E-state index < -0.39 is 6.10 Å². The third kappa shape index (κ3) is 6.71. The largest absolute Gasteiger partial charge is 0.439 e. The van der Waals surface area contributed by atoms with Crippen LogP contribution in [0.25, 0.3) is 5.69 Å². The van der Waals surface area contributed by atoms with Crippen LogP contribution in [-0.2, 0) is 11.3 Å².